The van der Waals surface area contributed by atoms with E-state index in [0.29, 0.717) is 11.3 Å². The van der Waals surface area contributed by atoms with E-state index in [1.54, 1.807) is 18.2 Å². The molecule has 0 radical (unpaired) electrons. The maximum Gasteiger partial charge on any atom is 0.452 e. The van der Waals surface area contributed by atoms with Crippen LogP contribution in [0, 0.1) is 5.92 Å². The number of rotatable bonds is 8. The first-order valence-electron chi connectivity index (χ1n) is 13.8. The van der Waals surface area contributed by atoms with Gasteiger partial charge < -0.3 is 19.9 Å². The van der Waals surface area contributed by atoms with Crippen LogP contribution in [0.2, 0.25) is 10.0 Å². The van der Waals surface area contributed by atoms with Crippen molar-refractivity contribution in [2.75, 3.05) is 7.11 Å². The van der Waals surface area contributed by atoms with Crippen LogP contribution in [0.5, 0.6) is 5.75 Å². The third-order valence-corrected chi connectivity index (χ3v) is 8.48. The van der Waals surface area contributed by atoms with Crippen LogP contribution in [0.25, 0.3) is 5.69 Å². The van der Waals surface area contributed by atoms with Crippen molar-refractivity contribution in [1.82, 2.24) is 20.1 Å². The van der Waals surface area contributed by atoms with E-state index in [-0.39, 0.29) is 39.5 Å². The van der Waals surface area contributed by atoms with Crippen LogP contribution in [0.15, 0.2) is 36.4 Å². The lowest BCUT2D eigenvalue weighted by atomic mass is 9.85. The minimum Gasteiger partial charge on any atom is -0.495 e. The maximum absolute atomic E-state index is 14.2. The third-order valence-electron chi connectivity index (χ3n) is 7.84. The number of ether oxygens (including phenoxy) is 2. The fourth-order valence-electron chi connectivity index (χ4n) is 5.83. The zero-order chi connectivity index (χ0) is 30.9. The van der Waals surface area contributed by atoms with E-state index in [2.05, 4.69) is 15.5 Å². The Morgan fingerprint density at radius 2 is 1.88 bits per heavy atom. The predicted molar refractivity (Wildman–Crippen MR) is 150 cm³/mol. The lowest BCUT2D eigenvalue weighted by Crippen LogP contribution is -2.43. The minimum absolute atomic E-state index is 0.0317. The Morgan fingerprint density at radius 3 is 2.56 bits per heavy atom. The molecule has 3 aromatic rings. The zero-order valence-electron chi connectivity index (χ0n) is 23.0. The number of benzene rings is 2. The summed E-state index contributed by atoms with van der Waals surface area (Å²) in [5.74, 6) is -3.07. The van der Waals surface area contributed by atoms with Gasteiger partial charge in [0.05, 0.1) is 24.2 Å². The number of carboxylic acids is 1. The second kappa shape index (κ2) is 12.7. The first kappa shape index (κ1) is 31.1. The van der Waals surface area contributed by atoms with Gasteiger partial charge in [0.25, 0.3) is 0 Å². The van der Waals surface area contributed by atoms with E-state index in [1.165, 1.54) is 25.3 Å². The van der Waals surface area contributed by atoms with Crippen LogP contribution < -0.4 is 10.1 Å². The molecule has 2 aliphatic rings. The summed E-state index contributed by atoms with van der Waals surface area (Å²) in [7, 11) is 1.42. The first-order chi connectivity index (χ1) is 20.5. The van der Waals surface area contributed by atoms with E-state index >= 15 is 0 Å². The number of methoxy groups -OCH3 is 1. The molecule has 5 rings (SSSR count). The number of nitrogens with zero attached hydrogens (tertiary/aromatic N) is 3. The van der Waals surface area contributed by atoms with Crippen molar-refractivity contribution in [2.24, 2.45) is 5.92 Å². The molecular weight excluding hydrogens is 612 g/mol. The molecule has 1 amide bonds. The smallest absolute Gasteiger partial charge is 0.452 e. The SMILES string of the molecule is COc1cccc([C@H]2O[C@H](CC(=O)N[C@@H](CC3CCCCC3)C(=O)O)c3nnc(C(F)(F)F)n3-c3ccc(Cl)cc32)c1Cl. The fourth-order valence-corrected chi connectivity index (χ4v) is 6.31. The molecule has 43 heavy (non-hydrogen) atoms. The van der Waals surface area contributed by atoms with Crippen LogP contribution in [-0.2, 0) is 20.5 Å². The van der Waals surface area contributed by atoms with Gasteiger partial charge in [-0.15, -0.1) is 10.2 Å². The van der Waals surface area contributed by atoms with Gasteiger partial charge in [0.15, 0.2) is 5.82 Å². The number of amides is 1. The topological polar surface area (TPSA) is 116 Å². The van der Waals surface area contributed by atoms with Crippen molar-refractivity contribution >= 4 is 35.1 Å². The minimum atomic E-state index is -4.91. The molecule has 0 saturated heterocycles. The summed E-state index contributed by atoms with van der Waals surface area (Å²) in [5, 5.41) is 20.0. The summed E-state index contributed by atoms with van der Waals surface area (Å²) in [5.41, 5.74) is 0.602. The number of halogens is 5. The van der Waals surface area contributed by atoms with Crippen molar-refractivity contribution in [2.45, 2.75) is 69.4 Å². The molecule has 230 valence electrons. The highest BCUT2D eigenvalue weighted by atomic mass is 35.5. The van der Waals surface area contributed by atoms with Crippen LogP contribution in [-0.4, -0.2) is 44.9 Å². The summed E-state index contributed by atoms with van der Waals surface area (Å²) in [6.07, 6.45) is -2.86. The maximum atomic E-state index is 14.2. The summed E-state index contributed by atoms with van der Waals surface area (Å²) >= 11 is 12.9. The molecule has 0 spiro atoms. The van der Waals surface area contributed by atoms with Gasteiger partial charge in [-0.1, -0.05) is 67.4 Å². The molecule has 2 N–H and O–H groups in total. The van der Waals surface area contributed by atoms with Gasteiger partial charge in [-0.3, -0.25) is 9.36 Å². The molecule has 1 aliphatic carbocycles. The average Bonchev–Trinajstić information content (AvgIpc) is 3.37. The molecule has 1 aliphatic heterocycles. The Balaban J connectivity index is 1.56. The van der Waals surface area contributed by atoms with E-state index < -0.39 is 48.5 Å². The first-order valence-corrected chi connectivity index (χ1v) is 14.6. The number of carboxylic acid groups (broad SMARTS) is 1. The lowest BCUT2D eigenvalue weighted by Gasteiger charge is -2.26. The molecule has 3 atom stereocenters. The number of hydrogen-bond donors (Lipinski definition) is 2. The van der Waals surface area contributed by atoms with Crippen molar-refractivity contribution in [3.8, 4) is 11.4 Å². The Kier molecular flexibility index (Phi) is 9.19. The van der Waals surface area contributed by atoms with Crippen molar-refractivity contribution in [3.05, 3.63) is 69.2 Å². The molecule has 0 unspecified atom stereocenters. The number of aliphatic carboxylic acids is 1. The number of alkyl halides is 3. The van der Waals surface area contributed by atoms with Crippen LogP contribution in [0.3, 0.4) is 0 Å². The van der Waals surface area contributed by atoms with Gasteiger partial charge in [-0.05, 0) is 36.6 Å². The molecular formula is C29H29Cl2F3N4O5. The highest BCUT2D eigenvalue weighted by molar-refractivity contribution is 6.33. The number of hydrogen-bond acceptors (Lipinski definition) is 6. The Morgan fingerprint density at radius 1 is 1.14 bits per heavy atom. The second-order valence-corrected chi connectivity index (χ2v) is 11.5. The van der Waals surface area contributed by atoms with Gasteiger partial charge in [0.1, 0.15) is 24.0 Å². The van der Waals surface area contributed by atoms with Gasteiger partial charge in [0.2, 0.25) is 11.7 Å². The van der Waals surface area contributed by atoms with Crippen molar-refractivity contribution in [3.63, 3.8) is 0 Å². The predicted octanol–water partition coefficient (Wildman–Crippen LogP) is 6.69. The monoisotopic (exact) mass is 640 g/mol. The fraction of sp³-hybridized carbons (Fsp3) is 0.448. The van der Waals surface area contributed by atoms with Gasteiger partial charge in [0, 0.05) is 16.1 Å². The van der Waals surface area contributed by atoms with E-state index in [4.69, 9.17) is 32.7 Å². The molecule has 1 saturated carbocycles. The van der Waals surface area contributed by atoms with E-state index in [9.17, 15) is 27.9 Å². The summed E-state index contributed by atoms with van der Waals surface area (Å²) in [6.45, 7) is 0. The van der Waals surface area contributed by atoms with Gasteiger partial charge in [-0.2, -0.15) is 13.2 Å². The molecule has 1 aromatic heterocycles. The van der Waals surface area contributed by atoms with Crippen molar-refractivity contribution in [1.29, 1.82) is 0 Å². The number of carbonyl (C=O) groups excluding carboxylic acids is 1. The lowest BCUT2D eigenvalue weighted by molar-refractivity contribution is -0.146. The standard InChI is InChI=1S/C29H29Cl2F3N4O5/c1-42-21-9-5-8-17(24(21)31)25-18-13-16(30)10-11-20(18)38-26(36-37-28(38)29(32,33)34)22(43-25)14-23(39)35-19(27(40)41)12-15-6-3-2-4-7-15/h5,8-11,13,15,19,22,25H,2-4,6-7,12,14H2,1H3,(H,35,39)(H,40,41)/t19-,22+,25+/m0/s1. The average molecular weight is 641 g/mol. The van der Waals surface area contributed by atoms with Crippen LogP contribution in [0.1, 0.15) is 79.9 Å². The Bertz CT molecular complexity index is 1510. The Hall–Kier alpha value is -3.35. The van der Waals surface area contributed by atoms with Gasteiger partial charge in [-0.25, -0.2) is 4.79 Å². The highest BCUT2D eigenvalue weighted by Gasteiger charge is 2.44. The molecule has 1 fully saturated rings. The van der Waals surface area contributed by atoms with Crippen LogP contribution >= 0.6 is 23.2 Å². The van der Waals surface area contributed by atoms with Crippen molar-refractivity contribution < 1.29 is 37.3 Å². The molecule has 9 nitrogen and oxygen atoms in total. The second-order valence-electron chi connectivity index (χ2n) is 10.7. The zero-order valence-corrected chi connectivity index (χ0v) is 24.5. The van der Waals surface area contributed by atoms with Crippen LogP contribution in [0.4, 0.5) is 13.2 Å². The molecule has 0 bridgehead atoms. The molecule has 2 heterocycles. The van der Waals surface area contributed by atoms with E-state index in [1.807, 2.05) is 0 Å². The number of carbonyl (C=O) groups is 2. The quantitative estimate of drug-likeness (QED) is 0.282. The number of aromatic nitrogens is 3. The molecule has 14 heteroatoms. The third kappa shape index (κ3) is 6.61. The molecule has 2 aromatic carbocycles. The number of nitrogens with one attached hydrogen (secondary N) is 1. The normalized spacial score (nSPS) is 19.6. The van der Waals surface area contributed by atoms with E-state index in [0.717, 1.165) is 36.7 Å². The van der Waals surface area contributed by atoms with Gasteiger partial charge >= 0.3 is 12.1 Å². The summed E-state index contributed by atoms with van der Waals surface area (Å²) in [6, 6.07) is 7.98. The summed E-state index contributed by atoms with van der Waals surface area (Å²) in [4.78, 5) is 25.4. The summed E-state index contributed by atoms with van der Waals surface area (Å²) < 4.78 is 55.1. The number of fused-ring (bicyclic) bond motifs is 3. The highest BCUT2D eigenvalue weighted by Crippen LogP contribution is 2.46. The largest absolute Gasteiger partial charge is 0.495 e. The Labute approximate surface area is 255 Å².